The first-order valence-electron chi connectivity index (χ1n) is 8.31. The minimum absolute atomic E-state index is 0.0259. The van der Waals surface area contributed by atoms with Crippen LogP contribution >= 0.6 is 0 Å². The van der Waals surface area contributed by atoms with E-state index in [1.807, 2.05) is 26.1 Å². The van der Waals surface area contributed by atoms with Crippen molar-refractivity contribution in [1.29, 1.82) is 0 Å². The quantitative estimate of drug-likeness (QED) is 0.549. The molecule has 0 saturated heterocycles. The first-order valence-corrected chi connectivity index (χ1v) is 9.80. The monoisotopic (exact) mass is 399 g/mol. The number of rotatable bonds is 8. The fourth-order valence-electron chi connectivity index (χ4n) is 1.82. The van der Waals surface area contributed by atoms with Crippen molar-refractivity contribution in [2.24, 2.45) is 5.92 Å². The zero-order valence-electron chi connectivity index (χ0n) is 15.8. The molecule has 1 aromatic rings. The second-order valence-electron chi connectivity index (χ2n) is 6.38. The van der Waals surface area contributed by atoms with Gasteiger partial charge < -0.3 is 10.1 Å². The molecule has 1 rings (SSSR count). The lowest BCUT2D eigenvalue weighted by Crippen LogP contribution is -2.43. The van der Waals surface area contributed by atoms with Crippen LogP contribution < -0.4 is 15.4 Å². The highest BCUT2D eigenvalue weighted by molar-refractivity contribution is 7.89. The molecule has 3 amide bonds. The standard InChI is InChI=1S/C17H25N3O6S/c1-11(2)8-18-17(23)20-15(21)10-26-16(22)9-19-27(24,25)14-6-5-12(3)13(4)7-14/h5-7,11,19H,8-10H2,1-4H3,(H2,18,20,21,23). The van der Waals surface area contributed by atoms with Crippen molar-refractivity contribution in [3.63, 3.8) is 0 Å². The van der Waals surface area contributed by atoms with Crippen LogP contribution in [-0.2, 0) is 24.3 Å². The fraction of sp³-hybridized carbons (Fsp3) is 0.471. The summed E-state index contributed by atoms with van der Waals surface area (Å²) in [6, 6.07) is 3.89. The van der Waals surface area contributed by atoms with E-state index >= 15 is 0 Å². The summed E-state index contributed by atoms with van der Waals surface area (Å²) in [5.41, 5.74) is 1.74. The molecule has 0 spiro atoms. The maximum atomic E-state index is 12.2. The van der Waals surface area contributed by atoms with Gasteiger partial charge in [0.05, 0.1) is 4.90 Å². The topological polar surface area (TPSA) is 131 Å². The molecule has 10 heteroatoms. The van der Waals surface area contributed by atoms with Crippen molar-refractivity contribution >= 4 is 27.9 Å². The molecule has 9 nitrogen and oxygen atoms in total. The Labute approximate surface area is 158 Å². The average molecular weight is 399 g/mol. The van der Waals surface area contributed by atoms with Gasteiger partial charge in [-0.25, -0.2) is 13.2 Å². The van der Waals surface area contributed by atoms with E-state index in [1.54, 1.807) is 13.0 Å². The van der Waals surface area contributed by atoms with E-state index in [-0.39, 0.29) is 10.8 Å². The van der Waals surface area contributed by atoms with Gasteiger partial charge in [-0.15, -0.1) is 0 Å². The summed E-state index contributed by atoms with van der Waals surface area (Å²) in [5, 5.41) is 4.46. The van der Waals surface area contributed by atoms with Crippen LogP contribution in [0.25, 0.3) is 0 Å². The molecule has 0 saturated carbocycles. The van der Waals surface area contributed by atoms with Crippen molar-refractivity contribution in [2.45, 2.75) is 32.6 Å². The van der Waals surface area contributed by atoms with Crippen molar-refractivity contribution in [3.05, 3.63) is 29.3 Å². The normalized spacial score (nSPS) is 11.1. The van der Waals surface area contributed by atoms with E-state index in [0.29, 0.717) is 6.54 Å². The number of sulfonamides is 1. The Kier molecular flexibility index (Phi) is 8.38. The van der Waals surface area contributed by atoms with Gasteiger partial charge in [-0.05, 0) is 43.0 Å². The molecule has 0 aliphatic rings. The van der Waals surface area contributed by atoms with Gasteiger partial charge in [0.2, 0.25) is 10.0 Å². The summed E-state index contributed by atoms with van der Waals surface area (Å²) >= 11 is 0. The van der Waals surface area contributed by atoms with Crippen molar-refractivity contribution < 1.29 is 27.5 Å². The molecule has 0 radical (unpaired) electrons. The lowest BCUT2D eigenvalue weighted by Gasteiger charge is -2.10. The molecule has 3 N–H and O–H groups in total. The Hall–Kier alpha value is -2.46. The number of ether oxygens (including phenoxy) is 1. The number of benzene rings is 1. The van der Waals surface area contributed by atoms with Gasteiger partial charge in [-0.3, -0.25) is 14.9 Å². The van der Waals surface area contributed by atoms with E-state index in [0.717, 1.165) is 11.1 Å². The van der Waals surface area contributed by atoms with Crippen LogP contribution in [0.15, 0.2) is 23.1 Å². The summed E-state index contributed by atoms with van der Waals surface area (Å²) in [5.74, 6) is -1.55. The number of hydrogen-bond donors (Lipinski definition) is 3. The van der Waals surface area contributed by atoms with Gasteiger partial charge in [-0.1, -0.05) is 19.9 Å². The van der Waals surface area contributed by atoms with Crippen LogP contribution in [0.3, 0.4) is 0 Å². The second kappa shape index (κ2) is 10.0. The number of nitrogens with one attached hydrogen (secondary N) is 3. The van der Waals surface area contributed by atoms with Gasteiger partial charge in [0.1, 0.15) is 6.54 Å². The SMILES string of the molecule is Cc1ccc(S(=O)(=O)NCC(=O)OCC(=O)NC(=O)NCC(C)C)cc1C. The van der Waals surface area contributed by atoms with E-state index in [2.05, 4.69) is 14.8 Å². The summed E-state index contributed by atoms with van der Waals surface area (Å²) in [6.45, 7) is 6.47. The average Bonchev–Trinajstić information content (AvgIpc) is 2.58. The Morgan fingerprint density at radius 2 is 1.78 bits per heavy atom. The number of esters is 1. The minimum atomic E-state index is -3.88. The van der Waals surface area contributed by atoms with Crippen LogP contribution in [-0.4, -0.2) is 46.0 Å². The first kappa shape index (κ1) is 22.6. The zero-order chi connectivity index (χ0) is 20.6. The summed E-state index contributed by atoms with van der Waals surface area (Å²) in [6.07, 6.45) is 0. The molecule has 0 aliphatic heterocycles. The molecule has 0 aromatic heterocycles. The fourth-order valence-corrected chi connectivity index (χ4v) is 2.87. The van der Waals surface area contributed by atoms with E-state index in [9.17, 15) is 22.8 Å². The number of amides is 3. The number of urea groups is 1. The third-order valence-corrected chi connectivity index (χ3v) is 4.88. The molecule has 0 unspecified atom stereocenters. The van der Waals surface area contributed by atoms with Crippen LogP contribution in [0.4, 0.5) is 4.79 Å². The van der Waals surface area contributed by atoms with Crippen LogP contribution in [0.5, 0.6) is 0 Å². The Morgan fingerprint density at radius 3 is 2.37 bits per heavy atom. The van der Waals surface area contributed by atoms with Crippen molar-refractivity contribution in [1.82, 2.24) is 15.4 Å². The summed E-state index contributed by atoms with van der Waals surface area (Å²) < 4.78 is 31.1. The van der Waals surface area contributed by atoms with Gasteiger partial charge in [-0.2, -0.15) is 4.72 Å². The first-order chi connectivity index (χ1) is 12.5. The molecular formula is C17H25N3O6S. The lowest BCUT2D eigenvalue weighted by molar-refractivity contribution is -0.147. The van der Waals surface area contributed by atoms with Gasteiger partial charge in [0.15, 0.2) is 6.61 Å². The molecule has 0 fully saturated rings. The minimum Gasteiger partial charge on any atom is -0.455 e. The number of carbonyl (C=O) groups excluding carboxylic acids is 3. The van der Waals surface area contributed by atoms with Crippen LogP contribution in [0.1, 0.15) is 25.0 Å². The molecule has 150 valence electrons. The van der Waals surface area contributed by atoms with Crippen molar-refractivity contribution in [3.8, 4) is 0 Å². The highest BCUT2D eigenvalue weighted by atomic mass is 32.2. The third kappa shape index (κ3) is 8.18. The molecule has 0 bridgehead atoms. The van der Waals surface area contributed by atoms with Gasteiger partial charge >= 0.3 is 12.0 Å². The highest BCUT2D eigenvalue weighted by Gasteiger charge is 2.17. The predicted molar refractivity (Wildman–Crippen MR) is 98.4 cm³/mol. The second-order valence-corrected chi connectivity index (χ2v) is 8.15. The molecule has 0 atom stereocenters. The maximum Gasteiger partial charge on any atom is 0.321 e. The summed E-state index contributed by atoms with van der Waals surface area (Å²) in [7, 11) is -3.88. The zero-order valence-corrected chi connectivity index (χ0v) is 16.6. The van der Waals surface area contributed by atoms with Gasteiger partial charge in [0, 0.05) is 6.54 Å². The van der Waals surface area contributed by atoms with Crippen LogP contribution in [0.2, 0.25) is 0 Å². The number of aryl methyl sites for hydroxylation is 2. The molecular weight excluding hydrogens is 374 g/mol. The van der Waals surface area contributed by atoms with E-state index in [4.69, 9.17) is 0 Å². The molecule has 0 heterocycles. The number of imide groups is 1. The Bertz CT molecular complexity index is 805. The van der Waals surface area contributed by atoms with E-state index < -0.39 is 41.1 Å². The van der Waals surface area contributed by atoms with Gasteiger partial charge in [0.25, 0.3) is 5.91 Å². The largest absolute Gasteiger partial charge is 0.455 e. The third-order valence-electron chi connectivity index (χ3n) is 3.48. The molecule has 0 aliphatic carbocycles. The highest BCUT2D eigenvalue weighted by Crippen LogP contribution is 2.14. The Morgan fingerprint density at radius 1 is 1.11 bits per heavy atom. The maximum absolute atomic E-state index is 12.2. The number of carbonyl (C=O) groups is 3. The number of hydrogen-bond acceptors (Lipinski definition) is 6. The smallest absolute Gasteiger partial charge is 0.321 e. The van der Waals surface area contributed by atoms with Crippen molar-refractivity contribution in [2.75, 3.05) is 19.7 Å². The van der Waals surface area contributed by atoms with E-state index in [1.165, 1.54) is 12.1 Å². The summed E-state index contributed by atoms with van der Waals surface area (Å²) in [4.78, 5) is 34.5. The predicted octanol–water partition coefficient (Wildman–Crippen LogP) is 0.607. The Balaban J connectivity index is 2.43. The van der Waals surface area contributed by atoms with Crippen LogP contribution in [0, 0.1) is 19.8 Å². The molecule has 1 aromatic carbocycles. The molecule has 27 heavy (non-hydrogen) atoms. The lowest BCUT2D eigenvalue weighted by atomic mass is 10.1.